The third kappa shape index (κ3) is 2.18. The molecule has 4 aromatic heterocycles. The lowest BCUT2D eigenvalue weighted by Gasteiger charge is -2.09. The molecule has 6 aromatic rings. The maximum atomic E-state index is 5.64. The van der Waals surface area contributed by atoms with Crippen LogP contribution in [0.4, 0.5) is 0 Å². The van der Waals surface area contributed by atoms with Crippen molar-refractivity contribution < 1.29 is 4.42 Å². The van der Waals surface area contributed by atoms with Gasteiger partial charge in [-0.2, -0.15) is 0 Å². The van der Waals surface area contributed by atoms with E-state index in [4.69, 9.17) is 9.40 Å². The van der Waals surface area contributed by atoms with Crippen LogP contribution in [-0.2, 0) is 0 Å². The van der Waals surface area contributed by atoms with Crippen molar-refractivity contribution in [3.05, 3.63) is 91.5 Å². The van der Waals surface area contributed by atoms with Crippen molar-refractivity contribution >= 4 is 32.8 Å². The lowest BCUT2D eigenvalue weighted by atomic mass is 10.1. The van der Waals surface area contributed by atoms with E-state index in [2.05, 4.69) is 45.9 Å². The molecule has 6 rings (SSSR count). The van der Waals surface area contributed by atoms with Crippen LogP contribution in [0.1, 0.15) is 0 Å². The number of hydrogen-bond acceptors (Lipinski definition) is 3. The summed E-state index contributed by atoms with van der Waals surface area (Å²) >= 11 is 0. The van der Waals surface area contributed by atoms with E-state index in [1.54, 1.807) is 12.5 Å². The molecule has 0 N–H and O–H groups in total. The van der Waals surface area contributed by atoms with E-state index in [-0.39, 0.29) is 0 Å². The number of aromatic nitrogens is 3. The minimum absolute atomic E-state index is 0.885. The molecular weight excluding hydrogens is 346 g/mol. The van der Waals surface area contributed by atoms with Crippen LogP contribution in [0.15, 0.2) is 95.9 Å². The van der Waals surface area contributed by atoms with Crippen molar-refractivity contribution in [2.24, 2.45) is 0 Å². The molecule has 0 bridgehead atoms. The van der Waals surface area contributed by atoms with Crippen LogP contribution in [0, 0.1) is 0 Å². The smallest absolute Gasteiger partial charge is 0.138 e. The van der Waals surface area contributed by atoms with Gasteiger partial charge in [0.1, 0.15) is 11.4 Å². The largest absolute Gasteiger partial charge is 0.464 e. The van der Waals surface area contributed by atoms with Crippen molar-refractivity contribution in [1.82, 2.24) is 14.5 Å². The molecule has 0 fully saturated rings. The molecule has 0 atom stereocenters. The molecule has 0 amide bonds. The highest BCUT2D eigenvalue weighted by Gasteiger charge is 2.15. The van der Waals surface area contributed by atoms with Gasteiger partial charge in [0.15, 0.2) is 0 Å². The van der Waals surface area contributed by atoms with Crippen molar-refractivity contribution in [3.63, 3.8) is 0 Å². The lowest BCUT2D eigenvalue weighted by molar-refractivity contribution is 0.616. The molecule has 132 valence electrons. The summed E-state index contributed by atoms with van der Waals surface area (Å²) in [4.78, 5) is 9.18. The first kappa shape index (κ1) is 15.2. The fraction of sp³-hybridized carbons (Fsp3) is 0. The predicted octanol–water partition coefficient (Wildman–Crippen LogP) is 5.99. The third-order valence-electron chi connectivity index (χ3n) is 5.17. The highest BCUT2D eigenvalue weighted by molar-refractivity contribution is 6.12. The molecule has 0 aliphatic carbocycles. The van der Waals surface area contributed by atoms with E-state index in [1.807, 2.05) is 42.6 Å². The Morgan fingerprint density at radius 2 is 1.75 bits per heavy atom. The lowest BCUT2D eigenvalue weighted by Crippen LogP contribution is -1.98. The Bertz CT molecular complexity index is 1460. The van der Waals surface area contributed by atoms with Gasteiger partial charge in [-0.25, -0.2) is 4.98 Å². The highest BCUT2D eigenvalue weighted by atomic mass is 16.3. The molecule has 0 unspecified atom stereocenters. The first-order valence-corrected chi connectivity index (χ1v) is 9.17. The standard InChI is InChI=1S/C24H15N3O/c1-2-8-21-18(6-1)19-14-23-16(10-12-28-23)13-22(19)27(21)24-9-3-7-20(26-24)17-5-4-11-25-15-17/h1-15H. The van der Waals surface area contributed by atoms with Crippen LogP contribution in [0.3, 0.4) is 0 Å². The van der Waals surface area contributed by atoms with Gasteiger partial charge in [0.25, 0.3) is 0 Å². The molecule has 2 aromatic carbocycles. The molecule has 4 heterocycles. The molecule has 4 heteroatoms. The summed E-state index contributed by atoms with van der Waals surface area (Å²) in [5.74, 6) is 0.885. The Morgan fingerprint density at radius 1 is 0.786 bits per heavy atom. The zero-order chi connectivity index (χ0) is 18.5. The zero-order valence-corrected chi connectivity index (χ0v) is 14.9. The number of pyridine rings is 2. The van der Waals surface area contributed by atoms with E-state index in [0.717, 1.165) is 44.5 Å². The number of para-hydroxylation sites is 1. The summed E-state index contributed by atoms with van der Waals surface area (Å²) in [5, 5.41) is 3.43. The van der Waals surface area contributed by atoms with Gasteiger partial charge in [0, 0.05) is 34.1 Å². The molecule has 28 heavy (non-hydrogen) atoms. The molecule has 0 aliphatic heterocycles. The molecular formula is C24H15N3O. The minimum atomic E-state index is 0.885. The van der Waals surface area contributed by atoms with Gasteiger partial charge in [0.2, 0.25) is 0 Å². The number of hydrogen-bond donors (Lipinski definition) is 0. The van der Waals surface area contributed by atoms with Crippen LogP contribution in [0.5, 0.6) is 0 Å². The Balaban J connectivity index is 1.69. The van der Waals surface area contributed by atoms with E-state index >= 15 is 0 Å². The molecule has 0 saturated carbocycles. The fourth-order valence-corrected chi connectivity index (χ4v) is 3.89. The normalized spacial score (nSPS) is 11.6. The van der Waals surface area contributed by atoms with E-state index in [9.17, 15) is 0 Å². The number of rotatable bonds is 2. The summed E-state index contributed by atoms with van der Waals surface area (Å²) < 4.78 is 7.85. The second kappa shape index (κ2) is 5.79. The van der Waals surface area contributed by atoms with Gasteiger partial charge in [-0.1, -0.05) is 24.3 Å². The van der Waals surface area contributed by atoms with Crippen molar-refractivity contribution in [3.8, 4) is 17.1 Å². The summed E-state index contributed by atoms with van der Waals surface area (Å²) in [6, 6.07) is 24.8. The van der Waals surface area contributed by atoms with E-state index < -0.39 is 0 Å². The first-order chi connectivity index (χ1) is 13.9. The number of fused-ring (bicyclic) bond motifs is 4. The van der Waals surface area contributed by atoms with E-state index in [1.165, 1.54) is 5.39 Å². The average molecular weight is 361 g/mol. The maximum absolute atomic E-state index is 5.64. The number of nitrogens with zero attached hydrogens (tertiary/aromatic N) is 3. The van der Waals surface area contributed by atoms with Crippen molar-refractivity contribution in [2.45, 2.75) is 0 Å². The molecule has 4 nitrogen and oxygen atoms in total. The van der Waals surface area contributed by atoms with Gasteiger partial charge in [0.05, 0.1) is 23.0 Å². The van der Waals surface area contributed by atoms with Crippen molar-refractivity contribution in [2.75, 3.05) is 0 Å². The topological polar surface area (TPSA) is 43.9 Å². The Kier molecular flexibility index (Phi) is 3.14. The summed E-state index contributed by atoms with van der Waals surface area (Å²) in [6.45, 7) is 0. The van der Waals surface area contributed by atoms with Crippen molar-refractivity contribution in [1.29, 1.82) is 0 Å². The molecule has 0 aliphatic rings. The average Bonchev–Trinajstić information content (AvgIpc) is 3.34. The summed E-state index contributed by atoms with van der Waals surface area (Å²) in [6.07, 6.45) is 5.35. The van der Waals surface area contributed by atoms with Gasteiger partial charge >= 0.3 is 0 Å². The highest BCUT2D eigenvalue weighted by Crippen LogP contribution is 2.34. The van der Waals surface area contributed by atoms with Gasteiger partial charge in [-0.3, -0.25) is 9.55 Å². The van der Waals surface area contributed by atoms with Crippen LogP contribution in [-0.4, -0.2) is 14.5 Å². The van der Waals surface area contributed by atoms with Gasteiger partial charge in [-0.05, 0) is 48.5 Å². The maximum Gasteiger partial charge on any atom is 0.138 e. The SMILES string of the molecule is c1cncc(-c2cccc(-n3c4ccccc4c4cc5occc5cc43)n2)c1. The summed E-state index contributed by atoms with van der Waals surface area (Å²) in [7, 11) is 0. The monoisotopic (exact) mass is 361 g/mol. The Labute approximate surface area is 160 Å². The Morgan fingerprint density at radius 3 is 2.68 bits per heavy atom. The second-order valence-corrected chi connectivity index (χ2v) is 6.80. The van der Waals surface area contributed by atoms with Crippen LogP contribution in [0.2, 0.25) is 0 Å². The Hall–Kier alpha value is -3.92. The molecule has 0 spiro atoms. The van der Waals surface area contributed by atoms with Crippen LogP contribution >= 0.6 is 0 Å². The second-order valence-electron chi connectivity index (χ2n) is 6.80. The first-order valence-electron chi connectivity index (χ1n) is 9.17. The van der Waals surface area contributed by atoms with Crippen LogP contribution in [0.25, 0.3) is 49.9 Å². The predicted molar refractivity (Wildman–Crippen MR) is 112 cm³/mol. The zero-order valence-electron chi connectivity index (χ0n) is 14.9. The molecule has 0 radical (unpaired) electrons. The third-order valence-corrected chi connectivity index (χ3v) is 5.17. The quantitative estimate of drug-likeness (QED) is 0.381. The number of furan rings is 1. The van der Waals surface area contributed by atoms with Crippen LogP contribution < -0.4 is 0 Å². The molecule has 0 saturated heterocycles. The van der Waals surface area contributed by atoms with E-state index in [0.29, 0.717) is 0 Å². The number of benzene rings is 2. The van der Waals surface area contributed by atoms with Gasteiger partial charge in [-0.15, -0.1) is 0 Å². The fourth-order valence-electron chi connectivity index (χ4n) is 3.89. The summed E-state index contributed by atoms with van der Waals surface area (Å²) in [5.41, 5.74) is 5.04. The van der Waals surface area contributed by atoms with Gasteiger partial charge < -0.3 is 4.42 Å². The minimum Gasteiger partial charge on any atom is -0.464 e.